The first kappa shape index (κ1) is 19.9. The lowest BCUT2D eigenvalue weighted by Crippen LogP contribution is -2.30. The summed E-state index contributed by atoms with van der Waals surface area (Å²) in [7, 11) is 0. The molecule has 0 unspecified atom stereocenters. The van der Waals surface area contributed by atoms with Gasteiger partial charge in [-0.2, -0.15) is 0 Å². The van der Waals surface area contributed by atoms with Gasteiger partial charge in [0.1, 0.15) is 16.4 Å². The van der Waals surface area contributed by atoms with Crippen LogP contribution >= 0.6 is 23.1 Å². The number of primary amides is 1. The summed E-state index contributed by atoms with van der Waals surface area (Å²) in [6.07, 6.45) is -0.685. The van der Waals surface area contributed by atoms with Crippen LogP contribution in [0.3, 0.4) is 0 Å². The van der Waals surface area contributed by atoms with Gasteiger partial charge in [0.15, 0.2) is 10.4 Å². The van der Waals surface area contributed by atoms with Gasteiger partial charge in [0.05, 0.1) is 5.75 Å². The number of hydrogen-bond donors (Lipinski definition) is 2. The number of nitrogens with zero attached hydrogens (tertiary/aromatic N) is 1. The normalized spacial score (nSPS) is 11.6. The van der Waals surface area contributed by atoms with E-state index in [1.54, 1.807) is 19.1 Å². The number of carbonyl (C=O) groups excluding carboxylic acids is 2. The maximum atomic E-state index is 12.6. The molecular weight excluding hydrogens is 394 g/mol. The van der Waals surface area contributed by atoms with Crippen LogP contribution in [-0.2, 0) is 9.59 Å². The van der Waals surface area contributed by atoms with Crippen LogP contribution in [-0.4, -0.2) is 28.7 Å². The molecule has 28 heavy (non-hydrogen) atoms. The minimum atomic E-state index is -0.685. The number of para-hydroxylation sites is 1. The molecule has 8 heteroatoms. The van der Waals surface area contributed by atoms with Crippen LogP contribution in [0.5, 0.6) is 5.75 Å². The number of anilines is 1. The molecule has 6 nitrogen and oxygen atoms in total. The van der Waals surface area contributed by atoms with Gasteiger partial charge in [-0.05, 0) is 19.1 Å². The molecule has 3 rings (SSSR count). The van der Waals surface area contributed by atoms with Gasteiger partial charge in [-0.3, -0.25) is 9.59 Å². The zero-order chi connectivity index (χ0) is 19.9. The average molecular weight is 414 g/mol. The average Bonchev–Trinajstić information content (AvgIpc) is 3.10. The number of benzene rings is 2. The number of thioether (sulfide) groups is 1. The first-order chi connectivity index (χ1) is 13.5. The summed E-state index contributed by atoms with van der Waals surface area (Å²) >= 11 is 2.55. The van der Waals surface area contributed by atoms with E-state index in [4.69, 9.17) is 10.5 Å². The molecule has 0 saturated carbocycles. The highest BCUT2D eigenvalue weighted by molar-refractivity contribution is 8.01. The van der Waals surface area contributed by atoms with Gasteiger partial charge in [0.25, 0.3) is 5.91 Å². The second-order valence-corrected chi connectivity index (χ2v) is 8.06. The third-order valence-electron chi connectivity index (χ3n) is 3.65. The van der Waals surface area contributed by atoms with Crippen molar-refractivity contribution in [3.63, 3.8) is 0 Å². The van der Waals surface area contributed by atoms with Gasteiger partial charge in [0.2, 0.25) is 5.91 Å². The van der Waals surface area contributed by atoms with Crippen molar-refractivity contribution < 1.29 is 14.3 Å². The van der Waals surface area contributed by atoms with Gasteiger partial charge >= 0.3 is 0 Å². The van der Waals surface area contributed by atoms with Crippen LogP contribution in [0.4, 0.5) is 5.00 Å². The lowest BCUT2D eigenvalue weighted by molar-refractivity contribution is -0.122. The monoisotopic (exact) mass is 413 g/mol. The van der Waals surface area contributed by atoms with Crippen molar-refractivity contribution in [2.75, 3.05) is 11.1 Å². The zero-order valence-corrected chi connectivity index (χ0v) is 16.8. The summed E-state index contributed by atoms with van der Waals surface area (Å²) in [5, 5.41) is 3.50. The van der Waals surface area contributed by atoms with E-state index in [9.17, 15) is 9.59 Å². The SMILES string of the molecule is C[C@@H](Oc1ccccc1)C(=O)Nc1sc(SCC(N)=O)nc1-c1ccccc1. The van der Waals surface area contributed by atoms with Crippen molar-refractivity contribution in [1.82, 2.24) is 4.98 Å². The molecule has 1 atom stereocenters. The lowest BCUT2D eigenvalue weighted by atomic mass is 10.2. The zero-order valence-electron chi connectivity index (χ0n) is 15.1. The van der Waals surface area contributed by atoms with Crippen molar-refractivity contribution in [3.05, 3.63) is 60.7 Å². The van der Waals surface area contributed by atoms with Crippen LogP contribution in [0, 0.1) is 0 Å². The molecule has 0 saturated heterocycles. The maximum absolute atomic E-state index is 12.6. The molecule has 3 N–H and O–H groups in total. The molecule has 144 valence electrons. The van der Waals surface area contributed by atoms with Gasteiger partial charge in [-0.1, -0.05) is 71.6 Å². The molecule has 2 aromatic carbocycles. The third kappa shape index (κ3) is 5.34. The first-order valence-corrected chi connectivity index (χ1v) is 10.3. The van der Waals surface area contributed by atoms with Crippen LogP contribution < -0.4 is 15.8 Å². The highest BCUT2D eigenvalue weighted by atomic mass is 32.2. The highest BCUT2D eigenvalue weighted by Gasteiger charge is 2.20. The number of aromatic nitrogens is 1. The molecule has 0 aliphatic rings. The van der Waals surface area contributed by atoms with E-state index >= 15 is 0 Å². The van der Waals surface area contributed by atoms with E-state index < -0.39 is 12.0 Å². The largest absolute Gasteiger partial charge is 0.481 e. The summed E-state index contributed by atoms with van der Waals surface area (Å²) < 4.78 is 6.34. The van der Waals surface area contributed by atoms with Crippen LogP contribution in [0.15, 0.2) is 65.0 Å². The number of carbonyl (C=O) groups is 2. The van der Waals surface area contributed by atoms with Crippen molar-refractivity contribution in [2.45, 2.75) is 17.4 Å². The van der Waals surface area contributed by atoms with Crippen LogP contribution in [0.1, 0.15) is 6.92 Å². The van der Waals surface area contributed by atoms with Crippen molar-refractivity contribution >= 4 is 39.9 Å². The molecule has 3 aromatic rings. The van der Waals surface area contributed by atoms with Gasteiger partial charge in [-0.15, -0.1) is 0 Å². The summed E-state index contributed by atoms with van der Waals surface area (Å²) in [6.45, 7) is 1.69. The van der Waals surface area contributed by atoms with Gasteiger partial charge in [-0.25, -0.2) is 4.98 Å². The summed E-state index contributed by atoms with van der Waals surface area (Å²) in [4.78, 5) is 28.3. The molecular formula is C20H19N3O3S2. The molecule has 2 amide bonds. The van der Waals surface area contributed by atoms with Crippen molar-refractivity contribution in [2.24, 2.45) is 5.73 Å². The first-order valence-electron chi connectivity index (χ1n) is 8.53. The Morgan fingerprint density at radius 1 is 1.14 bits per heavy atom. The molecule has 0 bridgehead atoms. The number of ether oxygens (including phenoxy) is 1. The molecule has 0 fully saturated rings. The quantitative estimate of drug-likeness (QED) is 0.548. The molecule has 1 heterocycles. The number of thiazole rings is 1. The van der Waals surface area contributed by atoms with Crippen LogP contribution in [0.25, 0.3) is 11.3 Å². The Hall–Kier alpha value is -2.84. The minimum absolute atomic E-state index is 0.128. The standard InChI is InChI=1S/C20H19N3O3S2/c1-13(26-15-10-6-3-7-11-15)18(25)23-19-17(14-8-4-2-5-9-14)22-20(28-19)27-12-16(21)24/h2-11,13H,12H2,1H3,(H2,21,24)(H,23,25)/t13-/m1/s1. The van der Waals surface area contributed by atoms with Crippen molar-refractivity contribution in [1.29, 1.82) is 0 Å². The number of rotatable bonds is 8. The number of nitrogens with one attached hydrogen (secondary N) is 1. The Kier molecular flexibility index (Phi) is 6.67. The topological polar surface area (TPSA) is 94.3 Å². The molecule has 0 radical (unpaired) electrons. The Balaban J connectivity index is 1.79. The predicted molar refractivity (Wildman–Crippen MR) is 113 cm³/mol. The molecule has 0 spiro atoms. The van der Waals surface area contributed by atoms with E-state index in [1.165, 1.54) is 23.1 Å². The van der Waals surface area contributed by atoms with Gasteiger partial charge in [0, 0.05) is 5.56 Å². The van der Waals surface area contributed by atoms with E-state index in [0.717, 1.165) is 5.56 Å². The van der Waals surface area contributed by atoms with Crippen LogP contribution in [0.2, 0.25) is 0 Å². The van der Waals surface area contributed by atoms with E-state index in [0.29, 0.717) is 20.8 Å². The summed E-state index contributed by atoms with van der Waals surface area (Å²) in [5.41, 5.74) is 6.74. The molecule has 0 aliphatic heterocycles. The maximum Gasteiger partial charge on any atom is 0.265 e. The molecule has 0 aliphatic carbocycles. The predicted octanol–water partition coefficient (Wildman–Crippen LogP) is 3.79. The Morgan fingerprint density at radius 3 is 2.43 bits per heavy atom. The summed E-state index contributed by atoms with van der Waals surface area (Å²) in [6, 6.07) is 18.7. The Bertz CT molecular complexity index is 946. The number of nitrogens with two attached hydrogens (primary N) is 1. The second-order valence-electron chi connectivity index (χ2n) is 5.84. The number of amides is 2. The smallest absolute Gasteiger partial charge is 0.265 e. The fourth-order valence-electron chi connectivity index (χ4n) is 2.34. The number of hydrogen-bond acceptors (Lipinski definition) is 6. The third-order valence-corrected chi connectivity index (χ3v) is 5.79. The van der Waals surface area contributed by atoms with E-state index in [2.05, 4.69) is 10.3 Å². The second kappa shape index (κ2) is 9.38. The Morgan fingerprint density at radius 2 is 1.79 bits per heavy atom. The minimum Gasteiger partial charge on any atom is -0.481 e. The summed E-state index contributed by atoms with van der Waals surface area (Å²) in [5.74, 6) is 0.0475. The fourth-order valence-corrected chi connectivity index (χ4v) is 4.15. The fraction of sp³-hybridized carbons (Fsp3) is 0.150. The van der Waals surface area contributed by atoms with E-state index in [-0.39, 0.29) is 11.7 Å². The highest BCUT2D eigenvalue weighted by Crippen LogP contribution is 2.37. The van der Waals surface area contributed by atoms with Gasteiger partial charge < -0.3 is 15.8 Å². The van der Waals surface area contributed by atoms with Crippen molar-refractivity contribution in [3.8, 4) is 17.0 Å². The van der Waals surface area contributed by atoms with E-state index in [1.807, 2.05) is 48.5 Å². The lowest BCUT2D eigenvalue weighted by Gasteiger charge is -2.14. The Labute approximate surface area is 171 Å². The molecule has 1 aromatic heterocycles.